The fourth-order valence-electron chi connectivity index (χ4n) is 2.19. The molecule has 1 aromatic rings. The lowest BCUT2D eigenvalue weighted by Gasteiger charge is -2.37. The van der Waals surface area contributed by atoms with Gasteiger partial charge in [-0.2, -0.15) is 11.8 Å². The van der Waals surface area contributed by atoms with Gasteiger partial charge in [-0.15, -0.1) is 11.3 Å². The van der Waals surface area contributed by atoms with Gasteiger partial charge in [0.25, 0.3) is 0 Å². The summed E-state index contributed by atoms with van der Waals surface area (Å²) >= 11 is 3.90. The van der Waals surface area contributed by atoms with Gasteiger partial charge >= 0.3 is 0 Å². The van der Waals surface area contributed by atoms with Crippen LogP contribution in [0.3, 0.4) is 0 Å². The van der Waals surface area contributed by atoms with Gasteiger partial charge in [-0.25, -0.2) is 4.98 Å². The summed E-state index contributed by atoms with van der Waals surface area (Å²) in [7, 11) is 0. The topological polar surface area (TPSA) is 28.2 Å². The maximum absolute atomic E-state index is 4.60. The Morgan fingerprint density at radius 2 is 2.26 bits per heavy atom. The van der Waals surface area contributed by atoms with Crippen molar-refractivity contribution in [2.24, 2.45) is 5.92 Å². The van der Waals surface area contributed by atoms with Crippen molar-refractivity contribution in [3.05, 3.63) is 11.1 Å². The molecule has 1 aromatic heterocycles. The van der Waals surface area contributed by atoms with Crippen molar-refractivity contribution in [1.29, 1.82) is 0 Å². The molecule has 19 heavy (non-hydrogen) atoms. The lowest BCUT2D eigenvalue weighted by molar-refractivity contribution is 0.554. The van der Waals surface area contributed by atoms with Crippen molar-refractivity contribution < 1.29 is 0 Å². The highest BCUT2D eigenvalue weighted by atomic mass is 32.2. The molecule has 0 saturated carbocycles. The van der Waals surface area contributed by atoms with Crippen LogP contribution in [0.5, 0.6) is 0 Å². The molecule has 0 spiro atoms. The highest BCUT2D eigenvalue weighted by molar-refractivity contribution is 8.00. The average Bonchev–Trinajstić information content (AvgIpc) is 2.76. The summed E-state index contributed by atoms with van der Waals surface area (Å²) in [5.41, 5.74) is 0. The van der Waals surface area contributed by atoms with E-state index in [2.05, 4.69) is 54.7 Å². The van der Waals surface area contributed by atoms with Crippen LogP contribution in [0.2, 0.25) is 0 Å². The van der Waals surface area contributed by atoms with Gasteiger partial charge in [0.1, 0.15) is 0 Å². The van der Waals surface area contributed by atoms with Crippen LogP contribution in [0.25, 0.3) is 0 Å². The first-order valence-corrected chi connectivity index (χ1v) is 8.81. The first-order chi connectivity index (χ1) is 8.96. The molecular formula is C14H25N3S2. The molecule has 1 aliphatic rings. The fourth-order valence-corrected chi connectivity index (χ4v) is 4.20. The number of anilines is 1. The van der Waals surface area contributed by atoms with E-state index >= 15 is 0 Å². The van der Waals surface area contributed by atoms with E-state index in [1.807, 2.05) is 17.5 Å². The standard InChI is InChI=1S/C14H25N3S2/c1-11(2)7-15-8-12-9-16-13(19-12)17-5-6-18-14(3,4)10-17/h9,11,15H,5-8,10H2,1-4H3. The Morgan fingerprint density at radius 1 is 1.47 bits per heavy atom. The maximum atomic E-state index is 4.60. The van der Waals surface area contributed by atoms with Crippen LogP contribution >= 0.6 is 23.1 Å². The Labute approximate surface area is 125 Å². The van der Waals surface area contributed by atoms with E-state index in [0.29, 0.717) is 10.7 Å². The zero-order valence-corrected chi connectivity index (χ0v) is 14.0. The molecule has 0 aromatic carbocycles. The van der Waals surface area contributed by atoms with E-state index in [-0.39, 0.29) is 0 Å². The van der Waals surface area contributed by atoms with Gasteiger partial charge in [0.05, 0.1) is 0 Å². The molecule has 5 heteroatoms. The molecule has 1 aliphatic heterocycles. The van der Waals surface area contributed by atoms with Gasteiger partial charge in [0.15, 0.2) is 5.13 Å². The number of hydrogen-bond donors (Lipinski definition) is 1. The molecule has 0 bridgehead atoms. The van der Waals surface area contributed by atoms with Crippen molar-refractivity contribution in [1.82, 2.24) is 10.3 Å². The first-order valence-electron chi connectivity index (χ1n) is 7.00. The largest absolute Gasteiger partial charge is 0.346 e. The van der Waals surface area contributed by atoms with Crippen LogP contribution in [0.4, 0.5) is 5.13 Å². The van der Waals surface area contributed by atoms with Crippen LogP contribution in [-0.2, 0) is 6.54 Å². The Morgan fingerprint density at radius 3 is 2.95 bits per heavy atom. The van der Waals surface area contributed by atoms with Gasteiger partial charge in [-0.05, 0) is 26.3 Å². The normalized spacial score (nSPS) is 19.1. The van der Waals surface area contributed by atoms with Crippen molar-refractivity contribution in [3.63, 3.8) is 0 Å². The average molecular weight is 300 g/mol. The summed E-state index contributed by atoms with van der Waals surface area (Å²) < 4.78 is 0.347. The number of rotatable bonds is 5. The number of thioether (sulfide) groups is 1. The molecular weight excluding hydrogens is 274 g/mol. The Bertz CT molecular complexity index is 401. The van der Waals surface area contributed by atoms with E-state index in [9.17, 15) is 0 Å². The number of thiazole rings is 1. The molecule has 1 fully saturated rings. The Balaban J connectivity index is 1.89. The van der Waals surface area contributed by atoms with Crippen LogP contribution in [0.1, 0.15) is 32.6 Å². The van der Waals surface area contributed by atoms with E-state index in [0.717, 1.165) is 26.2 Å². The fraction of sp³-hybridized carbons (Fsp3) is 0.786. The summed E-state index contributed by atoms with van der Waals surface area (Å²) in [6.07, 6.45) is 2.03. The minimum Gasteiger partial charge on any atom is -0.346 e. The summed E-state index contributed by atoms with van der Waals surface area (Å²) in [5.74, 6) is 1.90. The third kappa shape index (κ3) is 4.65. The van der Waals surface area contributed by atoms with Gasteiger partial charge in [-0.3, -0.25) is 0 Å². The summed E-state index contributed by atoms with van der Waals surface area (Å²) in [4.78, 5) is 8.38. The molecule has 0 amide bonds. The Hall–Kier alpha value is -0.260. The van der Waals surface area contributed by atoms with Crippen molar-refractivity contribution in [2.75, 3.05) is 30.3 Å². The third-order valence-corrected chi connectivity index (χ3v) is 5.44. The number of nitrogens with one attached hydrogen (secondary N) is 1. The predicted molar refractivity (Wildman–Crippen MR) is 87.4 cm³/mol. The van der Waals surface area contributed by atoms with Crippen molar-refractivity contribution >= 4 is 28.2 Å². The van der Waals surface area contributed by atoms with Gasteiger partial charge in [0.2, 0.25) is 0 Å². The van der Waals surface area contributed by atoms with Gasteiger partial charge in [0, 0.05) is 41.2 Å². The molecule has 2 rings (SSSR count). The van der Waals surface area contributed by atoms with Crippen LogP contribution in [-0.4, -0.2) is 35.1 Å². The molecule has 1 N–H and O–H groups in total. The highest BCUT2D eigenvalue weighted by Crippen LogP contribution is 2.33. The number of aromatic nitrogens is 1. The molecule has 0 unspecified atom stereocenters. The lowest BCUT2D eigenvalue weighted by atomic mass is 10.2. The van der Waals surface area contributed by atoms with Crippen LogP contribution in [0, 0.1) is 5.92 Å². The van der Waals surface area contributed by atoms with Crippen LogP contribution in [0.15, 0.2) is 6.20 Å². The summed E-state index contributed by atoms with van der Waals surface area (Å²) in [6, 6.07) is 0. The minimum absolute atomic E-state index is 0.347. The molecule has 3 nitrogen and oxygen atoms in total. The third-order valence-electron chi connectivity index (χ3n) is 3.09. The summed E-state index contributed by atoms with van der Waals surface area (Å²) in [5, 5.41) is 4.67. The van der Waals surface area contributed by atoms with E-state index < -0.39 is 0 Å². The SMILES string of the molecule is CC(C)CNCc1cnc(N2CCSC(C)(C)C2)s1. The van der Waals surface area contributed by atoms with E-state index in [1.54, 1.807) is 0 Å². The second-order valence-electron chi connectivity index (χ2n) is 6.16. The summed E-state index contributed by atoms with van der Waals surface area (Å²) in [6.45, 7) is 13.4. The molecule has 2 heterocycles. The van der Waals surface area contributed by atoms with Crippen molar-refractivity contribution in [2.45, 2.75) is 39.0 Å². The smallest absolute Gasteiger partial charge is 0.185 e. The predicted octanol–water partition coefficient (Wildman–Crippen LogP) is 3.22. The number of hydrogen-bond acceptors (Lipinski definition) is 5. The second-order valence-corrected chi connectivity index (χ2v) is 9.06. The monoisotopic (exact) mass is 299 g/mol. The van der Waals surface area contributed by atoms with Gasteiger partial charge in [-0.1, -0.05) is 13.8 Å². The van der Waals surface area contributed by atoms with Crippen molar-refractivity contribution in [3.8, 4) is 0 Å². The number of nitrogens with zero attached hydrogens (tertiary/aromatic N) is 2. The highest BCUT2D eigenvalue weighted by Gasteiger charge is 2.28. The molecule has 0 radical (unpaired) electrons. The minimum atomic E-state index is 0.347. The van der Waals surface area contributed by atoms with Crippen LogP contribution < -0.4 is 10.2 Å². The molecule has 1 saturated heterocycles. The molecule has 0 aliphatic carbocycles. The lowest BCUT2D eigenvalue weighted by Crippen LogP contribution is -2.43. The molecule has 108 valence electrons. The quantitative estimate of drug-likeness (QED) is 0.903. The van der Waals surface area contributed by atoms with E-state index in [1.165, 1.54) is 15.8 Å². The molecule has 0 atom stereocenters. The first kappa shape index (κ1) is 15.1. The maximum Gasteiger partial charge on any atom is 0.185 e. The van der Waals surface area contributed by atoms with E-state index in [4.69, 9.17) is 0 Å². The zero-order valence-electron chi connectivity index (χ0n) is 12.4. The second kappa shape index (κ2) is 6.46. The van der Waals surface area contributed by atoms with Gasteiger partial charge < -0.3 is 10.2 Å². The zero-order chi connectivity index (χ0) is 13.9. The Kier molecular flexibility index (Phi) is 5.15.